The number of hydrogen-bond acceptors (Lipinski definition) is 4. The molecule has 1 heterocycles. The quantitative estimate of drug-likeness (QED) is 0.828. The van der Waals surface area contributed by atoms with Crippen LogP contribution in [0, 0.1) is 0 Å². The molecule has 1 aromatic heterocycles. The lowest BCUT2D eigenvalue weighted by Crippen LogP contribution is -2.47. The molecule has 4 heteroatoms. The van der Waals surface area contributed by atoms with Crippen molar-refractivity contribution < 1.29 is 0 Å². The van der Waals surface area contributed by atoms with E-state index in [2.05, 4.69) is 17.2 Å². The highest BCUT2D eigenvalue weighted by Crippen LogP contribution is 2.21. The highest BCUT2D eigenvalue weighted by Gasteiger charge is 2.23. The number of thiazole rings is 1. The Bertz CT molecular complexity index is 286. The van der Waals surface area contributed by atoms with Crippen molar-refractivity contribution in [3.63, 3.8) is 0 Å². The van der Waals surface area contributed by atoms with Gasteiger partial charge in [-0.15, -0.1) is 11.3 Å². The second-order valence-electron chi connectivity index (χ2n) is 4.31. The molecule has 3 atom stereocenters. The van der Waals surface area contributed by atoms with Crippen molar-refractivity contribution in [1.29, 1.82) is 0 Å². The maximum Gasteiger partial charge on any atom is 0.109 e. The molecule has 1 fully saturated rings. The molecule has 0 spiro atoms. The summed E-state index contributed by atoms with van der Waals surface area (Å²) in [5.74, 6) is 0. The van der Waals surface area contributed by atoms with Gasteiger partial charge in [-0.2, -0.15) is 0 Å². The Morgan fingerprint density at radius 2 is 2.33 bits per heavy atom. The standard InChI is InChI=1S/C11H19N3S/c1-8(11-13-6-7-15-11)14-10-5-3-2-4-9(10)12/h6-10,14H,2-5,12H2,1H3. The number of aromatic nitrogens is 1. The van der Waals surface area contributed by atoms with Crippen molar-refractivity contribution in [3.05, 3.63) is 16.6 Å². The molecule has 0 radical (unpaired) electrons. The van der Waals surface area contributed by atoms with E-state index in [0.717, 1.165) is 11.4 Å². The third kappa shape index (κ3) is 2.77. The van der Waals surface area contributed by atoms with Crippen LogP contribution in [0.4, 0.5) is 0 Å². The first kappa shape index (κ1) is 11.0. The van der Waals surface area contributed by atoms with Gasteiger partial charge in [0, 0.05) is 23.7 Å². The van der Waals surface area contributed by atoms with E-state index < -0.39 is 0 Å². The van der Waals surface area contributed by atoms with Gasteiger partial charge < -0.3 is 11.1 Å². The summed E-state index contributed by atoms with van der Waals surface area (Å²) in [6.07, 6.45) is 6.80. The summed E-state index contributed by atoms with van der Waals surface area (Å²) in [6.45, 7) is 2.17. The predicted octanol–water partition coefficient (Wildman–Crippen LogP) is 2.06. The van der Waals surface area contributed by atoms with Crippen LogP contribution < -0.4 is 11.1 Å². The third-order valence-electron chi connectivity index (χ3n) is 3.11. The van der Waals surface area contributed by atoms with E-state index in [-0.39, 0.29) is 0 Å². The topological polar surface area (TPSA) is 50.9 Å². The van der Waals surface area contributed by atoms with Gasteiger partial charge in [0.15, 0.2) is 0 Å². The second kappa shape index (κ2) is 5.05. The van der Waals surface area contributed by atoms with Crippen molar-refractivity contribution in [3.8, 4) is 0 Å². The number of hydrogen-bond donors (Lipinski definition) is 2. The van der Waals surface area contributed by atoms with Gasteiger partial charge in [0.2, 0.25) is 0 Å². The first-order valence-corrected chi connectivity index (χ1v) is 6.56. The zero-order chi connectivity index (χ0) is 10.7. The lowest BCUT2D eigenvalue weighted by Gasteiger charge is -2.31. The van der Waals surface area contributed by atoms with Gasteiger partial charge in [0.05, 0.1) is 6.04 Å². The van der Waals surface area contributed by atoms with Gasteiger partial charge in [0.1, 0.15) is 5.01 Å². The van der Waals surface area contributed by atoms with Crippen molar-refractivity contribution in [2.45, 2.75) is 50.7 Å². The summed E-state index contributed by atoms with van der Waals surface area (Å²) >= 11 is 1.71. The van der Waals surface area contributed by atoms with Crippen molar-refractivity contribution >= 4 is 11.3 Å². The summed E-state index contributed by atoms with van der Waals surface area (Å²) in [5.41, 5.74) is 6.10. The monoisotopic (exact) mass is 225 g/mol. The summed E-state index contributed by atoms with van der Waals surface area (Å²) in [4.78, 5) is 4.32. The fourth-order valence-electron chi connectivity index (χ4n) is 2.21. The van der Waals surface area contributed by atoms with Gasteiger partial charge >= 0.3 is 0 Å². The van der Waals surface area contributed by atoms with Crippen LogP contribution in [0.25, 0.3) is 0 Å². The average Bonchev–Trinajstić information content (AvgIpc) is 2.74. The van der Waals surface area contributed by atoms with Gasteiger partial charge in [0.25, 0.3) is 0 Å². The Morgan fingerprint density at radius 1 is 1.53 bits per heavy atom. The van der Waals surface area contributed by atoms with Crippen LogP contribution in [0.1, 0.15) is 43.7 Å². The van der Waals surface area contributed by atoms with E-state index in [1.807, 2.05) is 11.6 Å². The molecule has 3 N–H and O–H groups in total. The SMILES string of the molecule is CC(NC1CCCCC1N)c1nccs1. The molecule has 3 unspecified atom stereocenters. The Labute approximate surface area is 95.1 Å². The minimum absolute atomic E-state index is 0.321. The Balaban J connectivity index is 1.90. The normalized spacial score (nSPS) is 28.9. The summed E-state index contributed by atoms with van der Waals surface area (Å²) < 4.78 is 0. The lowest BCUT2D eigenvalue weighted by atomic mass is 9.90. The smallest absolute Gasteiger partial charge is 0.109 e. The predicted molar refractivity (Wildman–Crippen MR) is 63.9 cm³/mol. The molecule has 0 aliphatic heterocycles. The van der Waals surface area contributed by atoms with Crippen molar-refractivity contribution in [2.24, 2.45) is 5.73 Å². The Morgan fingerprint density at radius 3 is 3.00 bits per heavy atom. The van der Waals surface area contributed by atoms with Crippen LogP contribution in [0.2, 0.25) is 0 Å². The average molecular weight is 225 g/mol. The molecule has 1 aliphatic rings. The first-order chi connectivity index (χ1) is 7.27. The maximum atomic E-state index is 6.10. The van der Waals surface area contributed by atoms with E-state index in [9.17, 15) is 0 Å². The molecule has 2 rings (SSSR count). The van der Waals surface area contributed by atoms with E-state index in [1.54, 1.807) is 11.3 Å². The molecule has 0 saturated heterocycles. The fourth-order valence-corrected chi connectivity index (χ4v) is 2.86. The largest absolute Gasteiger partial charge is 0.326 e. The molecule has 0 bridgehead atoms. The Hall–Kier alpha value is -0.450. The number of rotatable bonds is 3. The fraction of sp³-hybridized carbons (Fsp3) is 0.727. The molecule has 0 aromatic carbocycles. The highest BCUT2D eigenvalue weighted by molar-refractivity contribution is 7.09. The minimum atomic E-state index is 0.321. The van der Waals surface area contributed by atoms with Gasteiger partial charge in [-0.1, -0.05) is 12.8 Å². The molecule has 1 saturated carbocycles. The van der Waals surface area contributed by atoms with Crippen LogP contribution in [0.5, 0.6) is 0 Å². The van der Waals surface area contributed by atoms with Crippen LogP contribution in [0.15, 0.2) is 11.6 Å². The minimum Gasteiger partial charge on any atom is -0.326 e. The number of nitrogens with one attached hydrogen (secondary N) is 1. The summed E-state index contributed by atoms with van der Waals surface area (Å²) in [7, 11) is 0. The van der Waals surface area contributed by atoms with Crippen LogP contribution in [-0.2, 0) is 0 Å². The zero-order valence-corrected chi connectivity index (χ0v) is 9.96. The zero-order valence-electron chi connectivity index (χ0n) is 9.15. The molecule has 0 amide bonds. The molecule has 15 heavy (non-hydrogen) atoms. The molecule has 1 aromatic rings. The summed E-state index contributed by atoms with van der Waals surface area (Å²) in [5, 5.41) is 6.78. The van der Waals surface area contributed by atoms with Crippen LogP contribution >= 0.6 is 11.3 Å². The third-order valence-corrected chi connectivity index (χ3v) is 4.06. The van der Waals surface area contributed by atoms with Crippen molar-refractivity contribution in [1.82, 2.24) is 10.3 Å². The van der Waals surface area contributed by atoms with Gasteiger partial charge in [-0.25, -0.2) is 4.98 Å². The maximum absolute atomic E-state index is 6.10. The number of nitrogens with two attached hydrogens (primary N) is 1. The molecule has 3 nitrogen and oxygen atoms in total. The van der Waals surface area contributed by atoms with E-state index in [1.165, 1.54) is 19.3 Å². The van der Waals surface area contributed by atoms with Crippen molar-refractivity contribution in [2.75, 3.05) is 0 Å². The number of nitrogens with zero attached hydrogens (tertiary/aromatic N) is 1. The van der Waals surface area contributed by atoms with E-state index >= 15 is 0 Å². The second-order valence-corrected chi connectivity index (χ2v) is 5.24. The first-order valence-electron chi connectivity index (χ1n) is 5.68. The molecule has 1 aliphatic carbocycles. The molecular weight excluding hydrogens is 206 g/mol. The van der Waals surface area contributed by atoms with Gasteiger partial charge in [-0.3, -0.25) is 0 Å². The van der Waals surface area contributed by atoms with Crippen LogP contribution in [-0.4, -0.2) is 17.1 Å². The lowest BCUT2D eigenvalue weighted by molar-refractivity contribution is 0.306. The highest BCUT2D eigenvalue weighted by atomic mass is 32.1. The molecular formula is C11H19N3S. The molecule has 84 valence electrons. The summed E-state index contributed by atoms with van der Waals surface area (Å²) in [6, 6.07) is 1.12. The Kier molecular flexibility index (Phi) is 3.72. The van der Waals surface area contributed by atoms with Crippen LogP contribution in [0.3, 0.4) is 0 Å². The van der Waals surface area contributed by atoms with E-state index in [4.69, 9.17) is 5.73 Å². The van der Waals surface area contributed by atoms with E-state index in [0.29, 0.717) is 18.1 Å². The van der Waals surface area contributed by atoms with Gasteiger partial charge in [-0.05, 0) is 19.8 Å².